The highest BCUT2D eigenvalue weighted by molar-refractivity contribution is 7.84. The van der Waals surface area contributed by atoms with Gasteiger partial charge in [-0.05, 0) is 43.0 Å². The Labute approximate surface area is 92.1 Å². The first-order chi connectivity index (χ1) is 7.25. The Morgan fingerprint density at radius 3 is 2.60 bits per heavy atom. The van der Waals surface area contributed by atoms with Gasteiger partial charge in [0.1, 0.15) is 5.94 Å². The summed E-state index contributed by atoms with van der Waals surface area (Å²) in [5.41, 5.74) is 6.23. The number of anilines is 1. The zero-order valence-electron chi connectivity index (χ0n) is 8.52. The van der Waals surface area contributed by atoms with Crippen molar-refractivity contribution < 1.29 is 8.95 Å². The van der Waals surface area contributed by atoms with Crippen LogP contribution in [-0.2, 0) is 15.5 Å². The molecule has 0 saturated heterocycles. The van der Waals surface area contributed by atoms with Crippen LogP contribution >= 0.6 is 0 Å². The third kappa shape index (κ3) is 3.32. The van der Waals surface area contributed by atoms with Crippen molar-refractivity contribution >= 4 is 16.5 Å². The summed E-state index contributed by atoms with van der Waals surface area (Å²) >= 11 is 0. The fraction of sp³-hybridized carbons (Fsp3) is 0.455. The lowest BCUT2D eigenvalue weighted by Crippen LogP contribution is -2.05. The first-order valence-electron chi connectivity index (χ1n) is 5.07. The number of benzene rings is 1. The average molecular weight is 225 g/mol. The molecule has 1 aromatic rings. The minimum atomic E-state index is -1.06. The molecule has 3 nitrogen and oxygen atoms in total. The fourth-order valence-corrected chi connectivity index (χ4v) is 2.09. The minimum Gasteiger partial charge on any atom is -0.399 e. The van der Waals surface area contributed by atoms with E-state index in [4.69, 9.17) is 10.5 Å². The highest BCUT2D eigenvalue weighted by Gasteiger charge is 2.21. The topological polar surface area (TPSA) is 52.3 Å². The van der Waals surface area contributed by atoms with Crippen molar-refractivity contribution in [1.82, 2.24) is 0 Å². The van der Waals surface area contributed by atoms with Crippen LogP contribution in [0.15, 0.2) is 29.2 Å². The minimum absolute atomic E-state index is 0.292. The Hall–Kier alpha value is -0.870. The smallest absolute Gasteiger partial charge is 0.126 e. The van der Waals surface area contributed by atoms with Crippen LogP contribution in [0.5, 0.6) is 0 Å². The average Bonchev–Trinajstić information content (AvgIpc) is 3.02. The highest BCUT2D eigenvalue weighted by atomic mass is 32.2. The SMILES string of the molecule is Nc1ccc(S(=O)COCC2CC2)cc1. The van der Waals surface area contributed by atoms with Crippen molar-refractivity contribution in [3.8, 4) is 0 Å². The molecule has 1 aliphatic carbocycles. The van der Waals surface area contributed by atoms with Gasteiger partial charge >= 0.3 is 0 Å². The van der Waals surface area contributed by atoms with Crippen molar-refractivity contribution in [1.29, 1.82) is 0 Å². The molecular weight excluding hydrogens is 210 g/mol. The third-order valence-electron chi connectivity index (χ3n) is 2.38. The summed E-state index contributed by atoms with van der Waals surface area (Å²) in [6, 6.07) is 7.08. The first kappa shape index (κ1) is 10.6. The lowest BCUT2D eigenvalue weighted by molar-refractivity contribution is 0.168. The van der Waals surface area contributed by atoms with Crippen LogP contribution in [0.25, 0.3) is 0 Å². The van der Waals surface area contributed by atoms with Crippen LogP contribution in [0.3, 0.4) is 0 Å². The molecule has 1 saturated carbocycles. The standard InChI is InChI=1S/C11H15NO2S/c12-10-3-5-11(6-4-10)15(13)8-14-7-9-1-2-9/h3-6,9H,1-2,7-8,12H2. The van der Waals surface area contributed by atoms with Crippen LogP contribution in [0.4, 0.5) is 5.69 Å². The number of hydrogen-bond acceptors (Lipinski definition) is 3. The normalized spacial score (nSPS) is 17.6. The molecule has 0 bridgehead atoms. The second-order valence-corrected chi connectivity index (χ2v) is 5.24. The zero-order valence-corrected chi connectivity index (χ0v) is 9.33. The zero-order chi connectivity index (χ0) is 10.7. The third-order valence-corrected chi connectivity index (χ3v) is 3.56. The van der Waals surface area contributed by atoms with Crippen LogP contribution in [0, 0.1) is 5.92 Å². The molecule has 0 amide bonds. The van der Waals surface area contributed by atoms with Gasteiger partial charge in [0.05, 0.1) is 17.4 Å². The van der Waals surface area contributed by atoms with E-state index in [1.807, 2.05) is 0 Å². The van der Waals surface area contributed by atoms with E-state index in [1.54, 1.807) is 24.3 Å². The van der Waals surface area contributed by atoms with E-state index in [0.29, 0.717) is 17.5 Å². The van der Waals surface area contributed by atoms with Gasteiger partial charge in [-0.15, -0.1) is 0 Å². The number of nitrogen functional groups attached to an aromatic ring is 1. The van der Waals surface area contributed by atoms with Crippen LogP contribution in [-0.4, -0.2) is 16.8 Å². The van der Waals surface area contributed by atoms with Gasteiger partial charge in [0.25, 0.3) is 0 Å². The molecule has 0 radical (unpaired) electrons. The van der Waals surface area contributed by atoms with Crippen molar-refractivity contribution in [2.45, 2.75) is 17.7 Å². The van der Waals surface area contributed by atoms with E-state index in [2.05, 4.69) is 0 Å². The van der Waals surface area contributed by atoms with Gasteiger partial charge in [-0.25, -0.2) is 0 Å². The molecule has 1 atom stereocenters. The quantitative estimate of drug-likeness (QED) is 0.777. The van der Waals surface area contributed by atoms with Crippen LogP contribution in [0.1, 0.15) is 12.8 Å². The molecule has 4 heteroatoms. The number of ether oxygens (including phenoxy) is 1. The van der Waals surface area contributed by atoms with E-state index < -0.39 is 10.8 Å². The summed E-state index contributed by atoms with van der Waals surface area (Å²) in [5, 5.41) is 0. The Balaban J connectivity index is 1.81. The summed E-state index contributed by atoms with van der Waals surface area (Å²) in [5.74, 6) is 1.01. The summed E-state index contributed by atoms with van der Waals surface area (Å²) in [4.78, 5) is 0.778. The molecular formula is C11H15NO2S. The summed E-state index contributed by atoms with van der Waals surface area (Å²) in [7, 11) is -1.06. The molecule has 0 aromatic heterocycles. The van der Waals surface area contributed by atoms with Crippen molar-refractivity contribution in [2.75, 3.05) is 18.3 Å². The predicted molar refractivity (Wildman–Crippen MR) is 60.8 cm³/mol. The Bertz CT molecular complexity index is 346. The first-order valence-corrected chi connectivity index (χ1v) is 6.39. The van der Waals surface area contributed by atoms with E-state index in [0.717, 1.165) is 11.5 Å². The lowest BCUT2D eigenvalue weighted by atomic mass is 10.3. The summed E-state index contributed by atoms with van der Waals surface area (Å²) in [6.07, 6.45) is 2.52. The second-order valence-electron chi connectivity index (χ2n) is 3.85. The monoisotopic (exact) mass is 225 g/mol. The van der Waals surface area contributed by atoms with Crippen molar-refractivity contribution in [2.24, 2.45) is 5.92 Å². The predicted octanol–water partition coefficient (Wildman–Crippen LogP) is 1.76. The van der Waals surface area contributed by atoms with Gasteiger partial charge in [0.15, 0.2) is 0 Å². The molecule has 1 aromatic carbocycles. The van der Waals surface area contributed by atoms with Crippen LogP contribution < -0.4 is 5.73 Å². The molecule has 0 aliphatic heterocycles. The van der Waals surface area contributed by atoms with Gasteiger partial charge in [0, 0.05) is 10.6 Å². The largest absolute Gasteiger partial charge is 0.399 e. The van der Waals surface area contributed by atoms with E-state index in [9.17, 15) is 4.21 Å². The molecule has 2 N–H and O–H groups in total. The van der Waals surface area contributed by atoms with Crippen molar-refractivity contribution in [3.63, 3.8) is 0 Å². The molecule has 0 spiro atoms. The molecule has 1 aliphatic rings. The number of nitrogens with two attached hydrogens (primary N) is 1. The molecule has 82 valence electrons. The Morgan fingerprint density at radius 2 is 2.00 bits per heavy atom. The van der Waals surface area contributed by atoms with E-state index in [1.165, 1.54) is 12.8 Å². The number of rotatable bonds is 5. The fourth-order valence-electron chi connectivity index (χ4n) is 1.26. The van der Waals surface area contributed by atoms with Crippen molar-refractivity contribution in [3.05, 3.63) is 24.3 Å². The second kappa shape index (κ2) is 4.77. The maximum atomic E-state index is 11.7. The van der Waals surface area contributed by atoms with Gasteiger partial charge in [-0.2, -0.15) is 0 Å². The molecule has 1 unspecified atom stereocenters. The Morgan fingerprint density at radius 1 is 1.33 bits per heavy atom. The van der Waals surface area contributed by atoms with Gasteiger partial charge < -0.3 is 10.5 Å². The van der Waals surface area contributed by atoms with E-state index in [-0.39, 0.29) is 0 Å². The van der Waals surface area contributed by atoms with Crippen LogP contribution in [0.2, 0.25) is 0 Å². The van der Waals surface area contributed by atoms with Gasteiger partial charge in [-0.3, -0.25) is 4.21 Å². The summed E-state index contributed by atoms with van der Waals surface area (Å²) < 4.78 is 17.1. The maximum absolute atomic E-state index is 11.7. The molecule has 15 heavy (non-hydrogen) atoms. The summed E-state index contributed by atoms with van der Waals surface area (Å²) in [6.45, 7) is 0.751. The van der Waals surface area contributed by atoms with Gasteiger partial charge in [0.2, 0.25) is 0 Å². The Kier molecular flexibility index (Phi) is 3.38. The van der Waals surface area contributed by atoms with Gasteiger partial charge in [-0.1, -0.05) is 0 Å². The molecule has 2 rings (SSSR count). The molecule has 1 fully saturated rings. The highest BCUT2D eigenvalue weighted by Crippen LogP contribution is 2.28. The van der Waals surface area contributed by atoms with E-state index >= 15 is 0 Å². The lowest BCUT2D eigenvalue weighted by Gasteiger charge is -2.03. The number of hydrogen-bond donors (Lipinski definition) is 1. The maximum Gasteiger partial charge on any atom is 0.126 e. The molecule has 0 heterocycles.